The lowest BCUT2D eigenvalue weighted by atomic mass is 9.90. The minimum atomic E-state index is -4.78. The summed E-state index contributed by atoms with van der Waals surface area (Å²) >= 11 is 0. The summed E-state index contributed by atoms with van der Waals surface area (Å²) in [5.74, 6) is 0.634. The lowest BCUT2D eigenvalue weighted by Crippen LogP contribution is -2.51. The van der Waals surface area contributed by atoms with E-state index >= 15 is 0 Å². The zero-order valence-corrected chi connectivity index (χ0v) is 26.9. The van der Waals surface area contributed by atoms with Gasteiger partial charge in [0, 0.05) is 70.0 Å². The summed E-state index contributed by atoms with van der Waals surface area (Å²) in [6.07, 6.45) is 2.12. The molecule has 3 aromatic heterocycles. The van der Waals surface area contributed by atoms with Gasteiger partial charge in [0.2, 0.25) is 0 Å². The normalized spacial score (nSPS) is 19.8. The fourth-order valence-electron chi connectivity index (χ4n) is 7.25. The quantitative estimate of drug-likeness (QED) is 0.185. The molecule has 4 heterocycles. The van der Waals surface area contributed by atoms with E-state index in [1.54, 1.807) is 19.2 Å². The van der Waals surface area contributed by atoms with Crippen LogP contribution in [0.5, 0.6) is 5.75 Å². The summed E-state index contributed by atoms with van der Waals surface area (Å²) in [6, 6.07) is 12.6. The number of alkyl halides is 3. The van der Waals surface area contributed by atoms with Gasteiger partial charge in [-0.05, 0) is 50.3 Å². The molecule has 0 amide bonds. The van der Waals surface area contributed by atoms with Gasteiger partial charge in [0.1, 0.15) is 29.4 Å². The molecule has 7 rings (SSSR count). The number of nitrogens with two attached hydrogens (primary N) is 1. The highest BCUT2D eigenvalue weighted by atomic mass is 19.4. The number of fused-ring (bicyclic) bond motifs is 2. The Hall–Kier alpha value is -4.27. The number of aromatic amines is 1. The minimum Gasteiger partial charge on any atom is -0.405 e. The summed E-state index contributed by atoms with van der Waals surface area (Å²) in [4.78, 5) is 22.0. The number of H-pyrrole nitrogens is 1. The minimum absolute atomic E-state index is 0.140. The first kappa shape index (κ1) is 32.3. The SMILES string of the molecule is COCCCN1CCN(C2CCC(n3nc(-c4ccc5[nH]c(Cc6ccccc6OC(F)(F)F)nc5c4)c4c(N)ncnc43)CC2)CC1. The number of nitrogens with one attached hydrogen (secondary N) is 1. The van der Waals surface area contributed by atoms with Crippen LogP contribution in [0, 0.1) is 0 Å². The zero-order valence-electron chi connectivity index (χ0n) is 26.9. The van der Waals surface area contributed by atoms with Crippen molar-refractivity contribution in [2.75, 3.05) is 52.2 Å². The van der Waals surface area contributed by atoms with Crippen LogP contribution in [0.25, 0.3) is 33.3 Å². The molecule has 1 aliphatic carbocycles. The molecule has 2 fully saturated rings. The Balaban J connectivity index is 1.08. The van der Waals surface area contributed by atoms with Gasteiger partial charge >= 0.3 is 6.36 Å². The Labute approximate surface area is 276 Å². The second kappa shape index (κ2) is 13.7. The maximum absolute atomic E-state index is 13.0. The molecule has 3 N–H and O–H groups in total. The van der Waals surface area contributed by atoms with E-state index in [9.17, 15) is 13.2 Å². The van der Waals surface area contributed by atoms with Crippen molar-refractivity contribution in [2.24, 2.45) is 0 Å². The van der Waals surface area contributed by atoms with Gasteiger partial charge in [-0.2, -0.15) is 5.10 Å². The number of halogens is 3. The van der Waals surface area contributed by atoms with Crippen molar-refractivity contribution in [3.05, 3.63) is 60.2 Å². The first-order valence-corrected chi connectivity index (χ1v) is 16.5. The molecule has 0 spiro atoms. The molecule has 48 heavy (non-hydrogen) atoms. The number of imidazole rings is 1. The van der Waals surface area contributed by atoms with E-state index in [1.165, 1.54) is 18.5 Å². The number of methoxy groups -OCH3 is 1. The summed E-state index contributed by atoms with van der Waals surface area (Å²) < 4.78 is 50.4. The summed E-state index contributed by atoms with van der Waals surface area (Å²) in [7, 11) is 1.76. The van der Waals surface area contributed by atoms with Gasteiger partial charge in [-0.15, -0.1) is 13.2 Å². The topological polar surface area (TPSA) is 123 Å². The molecule has 1 saturated heterocycles. The predicted octanol–water partition coefficient (Wildman–Crippen LogP) is 5.58. The van der Waals surface area contributed by atoms with Crippen LogP contribution in [0.15, 0.2) is 48.8 Å². The van der Waals surface area contributed by atoms with Crippen LogP contribution in [0.4, 0.5) is 19.0 Å². The molecule has 0 unspecified atom stereocenters. The average molecular weight is 664 g/mol. The number of para-hydroxylation sites is 1. The van der Waals surface area contributed by atoms with Crippen LogP contribution in [0.1, 0.15) is 49.5 Å². The van der Waals surface area contributed by atoms with Crippen LogP contribution >= 0.6 is 0 Å². The molecule has 11 nitrogen and oxygen atoms in total. The van der Waals surface area contributed by atoms with E-state index < -0.39 is 6.36 Å². The van der Waals surface area contributed by atoms with Crippen LogP contribution < -0.4 is 10.5 Å². The van der Waals surface area contributed by atoms with Gasteiger partial charge in [-0.25, -0.2) is 19.6 Å². The van der Waals surface area contributed by atoms with Crippen molar-refractivity contribution >= 4 is 27.9 Å². The fraction of sp³-hybridized carbons (Fsp3) is 0.471. The zero-order chi connectivity index (χ0) is 33.3. The highest BCUT2D eigenvalue weighted by Gasteiger charge is 2.33. The maximum Gasteiger partial charge on any atom is 0.573 e. The van der Waals surface area contributed by atoms with E-state index in [2.05, 4.69) is 29.5 Å². The number of nitrogen functional groups attached to an aromatic ring is 1. The fourth-order valence-corrected chi connectivity index (χ4v) is 7.25. The van der Waals surface area contributed by atoms with Crippen LogP contribution in [0.3, 0.4) is 0 Å². The third kappa shape index (κ3) is 6.96. The number of hydrogen-bond acceptors (Lipinski definition) is 9. The highest BCUT2D eigenvalue weighted by molar-refractivity contribution is 5.99. The lowest BCUT2D eigenvalue weighted by Gasteiger charge is -2.42. The van der Waals surface area contributed by atoms with Crippen molar-refractivity contribution in [1.29, 1.82) is 0 Å². The van der Waals surface area contributed by atoms with Gasteiger partial charge in [0.05, 0.1) is 22.5 Å². The Morgan fingerprint density at radius 3 is 2.52 bits per heavy atom. The number of benzene rings is 2. The van der Waals surface area contributed by atoms with E-state index in [-0.39, 0.29) is 18.2 Å². The molecule has 0 radical (unpaired) electrons. The Bertz CT molecular complexity index is 1860. The molecule has 1 saturated carbocycles. The molecule has 0 atom stereocenters. The molecule has 14 heteroatoms. The predicted molar refractivity (Wildman–Crippen MR) is 177 cm³/mol. The van der Waals surface area contributed by atoms with Crippen molar-refractivity contribution < 1.29 is 22.6 Å². The second-order valence-electron chi connectivity index (χ2n) is 12.7. The molecule has 2 aromatic carbocycles. The summed E-state index contributed by atoms with van der Waals surface area (Å²) in [5, 5.41) is 5.80. The molecule has 254 valence electrons. The number of ether oxygens (including phenoxy) is 2. The van der Waals surface area contributed by atoms with Crippen molar-refractivity contribution in [2.45, 2.75) is 57.0 Å². The van der Waals surface area contributed by atoms with Gasteiger partial charge in [-0.1, -0.05) is 24.3 Å². The molecule has 5 aromatic rings. The van der Waals surface area contributed by atoms with E-state index in [0.717, 1.165) is 88.2 Å². The van der Waals surface area contributed by atoms with E-state index in [1.807, 2.05) is 22.9 Å². The lowest BCUT2D eigenvalue weighted by molar-refractivity contribution is -0.274. The average Bonchev–Trinajstić information content (AvgIpc) is 3.67. The molecule has 1 aliphatic heterocycles. The highest BCUT2D eigenvalue weighted by Crippen LogP contribution is 2.38. The van der Waals surface area contributed by atoms with Crippen molar-refractivity contribution in [3.8, 4) is 17.0 Å². The van der Waals surface area contributed by atoms with E-state index in [4.69, 9.17) is 20.6 Å². The van der Waals surface area contributed by atoms with Crippen molar-refractivity contribution in [1.82, 2.24) is 39.5 Å². The van der Waals surface area contributed by atoms with Gasteiger partial charge in [-0.3, -0.25) is 4.90 Å². The number of aromatic nitrogens is 6. The molecular formula is C34H40F3N9O2. The molecule has 2 aliphatic rings. The van der Waals surface area contributed by atoms with Crippen LogP contribution in [-0.2, 0) is 11.2 Å². The molecular weight excluding hydrogens is 623 g/mol. The van der Waals surface area contributed by atoms with Gasteiger partial charge < -0.3 is 25.1 Å². The first-order chi connectivity index (χ1) is 23.3. The maximum atomic E-state index is 13.0. The number of rotatable bonds is 10. The van der Waals surface area contributed by atoms with Crippen LogP contribution in [0.2, 0.25) is 0 Å². The largest absolute Gasteiger partial charge is 0.573 e. The number of hydrogen-bond donors (Lipinski definition) is 2. The molecule has 0 bridgehead atoms. The monoisotopic (exact) mass is 663 g/mol. The first-order valence-electron chi connectivity index (χ1n) is 16.5. The van der Waals surface area contributed by atoms with E-state index in [0.29, 0.717) is 39.8 Å². The second-order valence-corrected chi connectivity index (χ2v) is 12.7. The van der Waals surface area contributed by atoms with Gasteiger partial charge in [0.25, 0.3) is 0 Å². The van der Waals surface area contributed by atoms with Crippen molar-refractivity contribution in [3.63, 3.8) is 0 Å². The standard InChI is InChI=1S/C34H40F3N9O2/c1-47-18-4-13-44-14-16-45(17-15-44)24-8-10-25(11-9-24)46-33-30(32(38)39-21-40-33)31(43-46)23-7-12-26-27(19-23)42-29(41-26)20-22-5-2-3-6-28(22)48-34(35,36)37/h2-3,5-7,12,19,21,24-25H,4,8-11,13-18,20H2,1H3,(H,41,42)(H2,38,39,40). The Morgan fingerprint density at radius 2 is 1.75 bits per heavy atom. The summed E-state index contributed by atoms with van der Waals surface area (Å²) in [6.45, 7) is 6.32. The number of piperazine rings is 1. The smallest absolute Gasteiger partial charge is 0.405 e. The Kier molecular flexibility index (Phi) is 9.21. The number of nitrogens with zero attached hydrogens (tertiary/aromatic N) is 7. The Morgan fingerprint density at radius 1 is 0.979 bits per heavy atom. The van der Waals surface area contributed by atoms with Gasteiger partial charge in [0.15, 0.2) is 5.65 Å². The third-order valence-corrected chi connectivity index (χ3v) is 9.64. The third-order valence-electron chi connectivity index (χ3n) is 9.64. The number of anilines is 1. The van der Waals surface area contributed by atoms with Crippen LogP contribution in [-0.4, -0.2) is 98.4 Å². The summed E-state index contributed by atoms with van der Waals surface area (Å²) in [5.41, 5.74) is 10.4.